The first-order valence-corrected chi connectivity index (χ1v) is 9.26. The summed E-state index contributed by atoms with van der Waals surface area (Å²) in [5.41, 5.74) is 2.06. The first kappa shape index (κ1) is 17.1. The Labute approximate surface area is 154 Å². The second-order valence-corrected chi connectivity index (χ2v) is 6.94. The Kier molecular flexibility index (Phi) is 5.19. The standard InChI is InChI=1S/C23H24O3/c24-23(19-10-12-25-13-11-19)21-6-3-7-22(15-21)26-16-17-8-9-18-4-1-2-5-20(18)14-17/h1-9,14-15,19,23-24H,10-13,16H2. The highest BCUT2D eigenvalue weighted by atomic mass is 16.5. The van der Waals surface area contributed by atoms with Gasteiger partial charge >= 0.3 is 0 Å². The molecule has 0 aromatic heterocycles. The predicted molar refractivity (Wildman–Crippen MR) is 103 cm³/mol. The molecule has 26 heavy (non-hydrogen) atoms. The highest BCUT2D eigenvalue weighted by Gasteiger charge is 2.23. The van der Waals surface area contributed by atoms with Gasteiger partial charge in [0.25, 0.3) is 0 Å². The maximum absolute atomic E-state index is 10.7. The van der Waals surface area contributed by atoms with Crippen LogP contribution in [0.1, 0.15) is 30.1 Å². The van der Waals surface area contributed by atoms with E-state index in [9.17, 15) is 5.11 Å². The highest BCUT2D eigenvalue weighted by molar-refractivity contribution is 5.82. The Morgan fingerprint density at radius 2 is 1.73 bits per heavy atom. The summed E-state index contributed by atoms with van der Waals surface area (Å²) in [7, 11) is 0. The first-order valence-electron chi connectivity index (χ1n) is 9.26. The zero-order valence-corrected chi connectivity index (χ0v) is 14.8. The molecule has 1 unspecified atom stereocenters. The molecule has 0 radical (unpaired) electrons. The fourth-order valence-corrected chi connectivity index (χ4v) is 3.59. The largest absolute Gasteiger partial charge is 0.489 e. The molecule has 0 bridgehead atoms. The molecule has 1 saturated heterocycles. The number of benzene rings is 3. The molecular weight excluding hydrogens is 324 g/mol. The molecule has 134 valence electrons. The summed E-state index contributed by atoms with van der Waals surface area (Å²) in [4.78, 5) is 0. The van der Waals surface area contributed by atoms with Crippen LogP contribution in [0.2, 0.25) is 0 Å². The van der Waals surface area contributed by atoms with E-state index in [0.29, 0.717) is 6.61 Å². The zero-order valence-electron chi connectivity index (χ0n) is 14.8. The van der Waals surface area contributed by atoms with Crippen LogP contribution >= 0.6 is 0 Å². The minimum Gasteiger partial charge on any atom is -0.489 e. The Bertz CT molecular complexity index is 868. The van der Waals surface area contributed by atoms with Crippen molar-refractivity contribution in [1.82, 2.24) is 0 Å². The minimum atomic E-state index is -0.455. The monoisotopic (exact) mass is 348 g/mol. The van der Waals surface area contributed by atoms with Gasteiger partial charge in [-0.15, -0.1) is 0 Å². The number of ether oxygens (including phenoxy) is 2. The summed E-state index contributed by atoms with van der Waals surface area (Å²) in [5, 5.41) is 13.1. The molecule has 1 N–H and O–H groups in total. The fraction of sp³-hybridized carbons (Fsp3) is 0.304. The lowest BCUT2D eigenvalue weighted by Gasteiger charge is -2.27. The second kappa shape index (κ2) is 7.90. The molecule has 1 fully saturated rings. The number of rotatable bonds is 5. The van der Waals surface area contributed by atoms with Gasteiger partial charge in [0.05, 0.1) is 6.10 Å². The first-order chi connectivity index (χ1) is 12.8. The molecule has 0 aliphatic carbocycles. The molecule has 1 atom stereocenters. The van der Waals surface area contributed by atoms with E-state index in [4.69, 9.17) is 9.47 Å². The van der Waals surface area contributed by atoms with Crippen molar-refractivity contribution in [2.24, 2.45) is 5.92 Å². The van der Waals surface area contributed by atoms with Crippen LogP contribution in [0.4, 0.5) is 0 Å². The van der Waals surface area contributed by atoms with Gasteiger partial charge in [0.15, 0.2) is 0 Å². The summed E-state index contributed by atoms with van der Waals surface area (Å²) in [5.74, 6) is 1.06. The molecule has 1 heterocycles. The van der Waals surface area contributed by atoms with Crippen LogP contribution < -0.4 is 4.74 Å². The topological polar surface area (TPSA) is 38.7 Å². The number of hydrogen-bond acceptors (Lipinski definition) is 3. The van der Waals surface area contributed by atoms with E-state index in [0.717, 1.165) is 42.9 Å². The molecule has 3 heteroatoms. The van der Waals surface area contributed by atoms with E-state index in [1.54, 1.807) is 0 Å². The number of aliphatic hydroxyl groups is 1. The van der Waals surface area contributed by atoms with Gasteiger partial charge in [-0.05, 0) is 58.9 Å². The lowest BCUT2D eigenvalue weighted by Crippen LogP contribution is -2.21. The molecule has 3 aromatic rings. The molecule has 0 saturated carbocycles. The Balaban J connectivity index is 1.44. The minimum absolute atomic E-state index is 0.263. The van der Waals surface area contributed by atoms with Gasteiger partial charge in [-0.2, -0.15) is 0 Å². The van der Waals surface area contributed by atoms with Gasteiger partial charge < -0.3 is 14.6 Å². The van der Waals surface area contributed by atoms with E-state index >= 15 is 0 Å². The molecule has 4 rings (SSSR count). The van der Waals surface area contributed by atoms with Gasteiger partial charge in [0.1, 0.15) is 12.4 Å². The number of hydrogen-bond donors (Lipinski definition) is 1. The van der Waals surface area contributed by atoms with Gasteiger partial charge in [-0.25, -0.2) is 0 Å². The molecule has 1 aliphatic rings. The smallest absolute Gasteiger partial charge is 0.120 e. The van der Waals surface area contributed by atoms with Crippen LogP contribution in [0.15, 0.2) is 66.7 Å². The van der Waals surface area contributed by atoms with Crippen molar-refractivity contribution in [3.63, 3.8) is 0 Å². The van der Waals surface area contributed by atoms with Gasteiger partial charge in [0.2, 0.25) is 0 Å². The summed E-state index contributed by atoms with van der Waals surface area (Å²) in [6.07, 6.45) is 1.36. The zero-order chi connectivity index (χ0) is 17.8. The van der Waals surface area contributed by atoms with Crippen molar-refractivity contribution in [1.29, 1.82) is 0 Å². The number of fused-ring (bicyclic) bond motifs is 1. The third-order valence-corrected chi connectivity index (χ3v) is 5.13. The number of aliphatic hydroxyl groups excluding tert-OH is 1. The molecule has 1 aliphatic heterocycles. The lowest BCUT2D eigenvalue weighted by molar-refractivity contribution is 0.00710. The Morgan fingerprint density at radius 1 is 0.923 bits per heavy atom. The molecular formula is C23H24O3. The van der Waals surface area contributed by atoms with E-state index in [1.807, 2.05) is 36.4 Å². The molecule has 0 amide bonds. The van der Waals surface area contributed by atoms with Crippen LogP contribution in [-0.4, -0.2) is 18.3 Å². The molecule has 3 aromatic carbocycles. The Morgan fingerprint density at radius 3 is 2.58 bits per heavy atom. The summed E-state index contributed by atoms with van der Waals surface area (Å²) in [6.45, 7) is 1.99. The van der Waals surface area contributed by atoms with E-state index in [2.05, 4.69) is 30.3 Å². The third-order valence-electron chi connectivity index (χ3n) is 5.13. The SMILES string of the molecule is OC(c1cccc(OCc2ccc3ccccc3c2)c1)C1CCOCC1. The van der Waals surface area contributed by atoms with Crippen molar-refractivity contribution in [2.45, 2.75) is 25.6 Å². The van der Waals surface area contributed by atoms with Crippen LogP contribution in [0.25, 0.3) is 10.8 Å². The maximum Gasteiger partial charge on any atom is 0.120 e. The second-order valence-electron chi connectivity index (χ2n) is 6.94. The average Bonchev–Trinajstić information content (AvgIpc) is 2.72. The average molecular weight is 348 g/mol. The van der Waals surface area contributed by atoms with Crippen LogP contribution in [0.5, 0.6) is 5.75 Å². The van der Waals surface area contributed by atoms with E-state index < -0.39 is 6.10 Å². The van der Waals surface area contributed by atoms with Gasteiger partial charge in [-0.1, -0.05) is 48.5 Å². The van der Waals surface area contributed by atoms with E-state index in [-0.39, 0.29) is 5.92 Å². The molecule has 0 spiro atoms. The van der Waals surface area contributed by atoms with Crippen LogP contribution in [-0.2, 0) is 11.3 Å². The van der Waals surface area contributed by atoms with Crippen LogP contribution in [0.3, 0.4) is 0 Å². The predicted octanol–water partition coefficient (Wildman–Crippen LogP) is 4.88. The summed E-state index contributed by atoms with van der Waals surface area (Å²) < 4.78 is 11.4. The Hall–Kier alpha value is -2.36. The summed E-state index contributed by atoms with van der Waals surface area (Å²) in [6, 6.07) is 22.5. The maximum atomic E-state index is 10.7. The normalized spacial score (nSPS) is 16.5. The van der Waals surface area contributed by atoms with Gasteiger partial charge in [-0.3, -0.25) is 0 Å². The highest BCUT2D eigenvalue weighted by Crippen LogP contribution is 2.31. The van der Waals surface area contributed by atoms with Crippen LogP contribution in [0, 0.1) is 5.92 Å². The molecule has 3 nitrogen and oxygen atoms in total. The van der Waals surface area contributed by atoms with Crippen molar-refractivity contribution in [3.05, 3.63) is 77.9 Å². The quantitative estimate of drug-likeness (QED) is 0.714. The van der Waals surface area contributed by atoms with E-state index in [1.165, 1.54) is 10.8 Å². The third kappa shape index (κ3) is 3.90. The van der Waals surface area contributed by atoms with Crippen molar-refractivity contribution in [3.8, 4) is 5.75 Å². The van der Waals surface area contributed by atoms with Crippen molar-refractivity contribution < 1.29 is 14.6 Å². The van der Waals surface area contributed by atoms with Crippen molar-refractivity contribution in [2.75, 3.05) is 13.2 Å². The van der Waals surface area contributed by atoms with Gasteiger partial charge in [0, 0.05) is 13.2 Å². The summed E-state index contributed by atoms with van der Waals surface area (Å²) >= 11 is 0. The lowest BCUT2D eigenvalue weighted by atomic mass is 9.89. The van der Waals surface area contributed by atoms with Crippen molar-refractivity contribution >= 4 is 10.8 Å². The fourth-order valence-electron chi connectivity index (χ4n) is 3.59.